The quantitative estimate of drug-likeness (QED) is 0.174. The molecule has 0 spiro atoms. The van der Waals surface area contributed by atoms with Gasteiger partial charge < -0.3 is 4.42 Å². The molecule has 1 heterocycles. The molecule has 0 bridgehead atoms. The van der Waals surface area contributed by atoms with Gasteiger partial charge in [0.25, 0.3) is 0 Å². The average Bonchev–Trinajstić information content (AvgIpc) is 3.58. The van der Waals surface area contributed by atoms with E-state index in [0.29, 0.717) is 0 Å². The number of benzene rings is 8. The first-order valence-corrected chi connectivity index (χ1v) is 17.8. The molecule has 0 N–H and O–H groups in total. The topological polar surface area (TPSA) is 13.1 Å². The molecule has 8 aromatic carbocycles. The smallest absolute Gasteiger partial charge is 0.143 e. The van der Waals surface area contributed by atoms with E-state index in [0.717, 1.165) is 65.8 Å². The Balaban J connectivity index is 1.10. The van der Waals surface area contributed by atoms with Gasteiger partial charge in [-0.05, 0) is 80.3 Å². The normalized spacial score (nSPS) is 11.3. The monoisotopic (exact) mass is 670 g/mol. The van der Waals surface area contributed by atoms with Crippen molar-refractivity contribution in [2.75, 3.05) is 0 Å². The highest BCUT2D eigenvalue weighted by Gasteiger charge is 2.17. The fourth-order valence-corrected chi connectivity index (χ4v) is 7.75. The Morgan fingerprint density at radius 1 is 0.333 bits per heavy atom. The van der Waals surface area contributed by atoms with E-state index in [2.05, 4.69) is 189 Å². The molecule has 242 valence electrons. The summed E-state index contributed by atoms with van der Waals surface area (Å²) in [5, 5.41) is 2.22. The molecule has 0 aliphatic carbocycles. The van der Waals surface area contributed by atoms with E-state index in [1.165, 1.54) is 33.4 Å². The Kier molecular flexibility index (Phi) is 7.87. The Morgan fingerprint density at radius 3 is 1.39 bits per heavy atom. The van der Waals surface area contributed by atoms with Crippen LogP contribution in [-0.4, -0.2) is 0 Å². The third-order valence-electron chi connectivity index (χ3n) is 9.98. The largest absolute Gasteiger partial charge is 0.455 e. The molecular formula is C49H34OS. The predicted molar refractivity (Wildman–Crippen MR) is 218 cm³/mol. The minimum Gasteiger partial charge on any atom is -0.455 e. The van der Waals surface area contributed by atoms with E-state index in [1.54, 1.807) is 0 Å². The van der Waals surface area contributed by atoms with Crippen LogP contribution in [0.1, 0.15) is 5.56 Å². The number of furan rings is 1. The number of rotatable bonds is 6. The summed E-state index contributed by atoms with van der Waals surface area (Å²) in [6.45, 7) is 2.15. The first-order chi connectivity index (χ1) is 25.1. The summed E-state index contributed by atoms with van der Waals surface area (Å²) < 4.78 is 6.88. The zero-order chi connectivity index (χ0) is 34.3. The second kappa shape index (κ2) is 13.0. The van der Waals surface area contributed by atoms with Crippen LogP contribution in [0.4, 0.5) is 0 Å². The Morgan fingerprint density at radius 2 is 0.745 bits per heavy atom. The summed E-state index contributed by atoms with van der Waals surface area (Å²) in [5.41, 5.74) is 16.8. The summed E-state index contributed by atoms with van der Waals surface area (Å²) in [7, 11) is 0. The van der Waals surface area contributed by atoms with E-state index >= 15 is 0 Å². The van der Waals surface area contributed by atoms with Gasteiger partial charge in [0, 0.05) is 26.8 Å². The highest BCUT2D eigenvalue weighted by molar-refractivity contribution is 7.80. The van der Waals surface area contributed by atoms with Gasteiger partial charge in [0.1, 0.15) is 11.2 Å². The molecule has 0 aliphatic rings. The molecule has 0 radical (unpaired) electrons. The highest BCUT2D eigenvalue weighted by atomic mass is 32.1. The van der Waals surface area contributed by atoms with Gasteiger partial charge in [-0.25, -0.2) is 0 Å². The third kappa shape index (κ3) is 5.64. The SMILES string of the molecule is Cc1ccccc1-c1cccc(-c2cccc(-c3cccc4c3oc3c(-c5cccc(-c6ccc(-c7ccccc7)cc6)c5)cccc34)c2)c1S. The second-order valence-electron chi connectivity index (χ2n) is 13.1. The van der Waals surface area contributed by atoms with Crippen LogP contribution in [0.5, 0.6) is 0 Å². The Labute approximate surface area is 303 Å². The molecule has 9 aromatic rings. The van der Waals surface area contributed by atoms with Crippen LogP contribution in [0.2, 0.25) is 0 Å². The van der Waals surface area contributed by atoms with Gasteiger partial charge in [-0.1, -0.05) is 170 Å². The van der Waals surface area contributed by atoms with Gasteiger partial charge in [0.2, 0.25) is 0 Å². The lowest BCUT2D eigenvalue weighted by molar-refractivity contribution is 0.671. The summed E-state index contributed by atoms with van der Waals surface area (Å²) in [6.07, 6.45) is 0. The van der Waals surface area contributed by atoms with Crippen molar-refractivity contribution in [1.82, 2.24) is 0 Å². The second-order valence-corrected chi connectivity index (χ2v) is 13.5. The van der Waals surface area contributed by atoms with E-state index < -0.39 is 0 Å². The van der Waals surface area contributed by atoms with Gasteiger partial charge >= 0.3 is 0 Å². The summed E-state index contributed by atoms with van der Waals surface area (Å²) in [6, 6.07) is 64.6. The fraction of sp³-hybridized carbons (Fsp3) is 0.0204. The summed E-state index contributed by atoms with van der Waals surface area (Å²) in [5.74, 6) is 0. The standard InChI is InChI=1S/C49H34OS/c1-32-12-5-6-19-40(32)46-25-11-22-43(49(46)51)39-18-8-17-38(31-39)42-21-10-24-45-44-23-9-20-41(47(44)50-48(42)45)37-16-7-15-36(30-37)35-28-26-34(27-29-35)33-13-3-2-4-14-33/h2-31,51H,1H3. The Bertz CT molecular complexity index is 2700. The molecule has 0 unspecified atom stereocenters. The van der Waals surface area contributed by atoms with E-state index in [9.17, 15) is 0 Å². The van der Waals surface area contributed by atoms with Crippen LogP contribution >= 0.6 is 12.6 Å². The van der Waals surface area contributed by atoms with Gasteiger partial charge in [-0.3, -0.25) is 0 Å². The molecule has 0 amide bonds. The lowest BCUT2D eigenvalue weighted by Gasteiger charge is -2.14. The fourth-order valence-electron chi connectivity index (χ4n) is 7.35. The maximum absolute atomic E-state index is 6.88. The van der Waals surface area contributed by atoms with Crippen molar-refractivity contribution < 1.29 is 4.42 Å². The number of aryl methyl sites for hydroxylation is 1. The minimum atomic E-state index is 0.893. The maximum atomic E-state index is 6.88. The van der Waals surface area contributed by atoms with Gasteiger partial charge in [0.05, 0.1) is 0 Å². The predicted octanol–water partition coefficient (Wildman–Crippen LogP) is 14.2. The molecule has 0 saturated heterocycles. The van der Waals surface area contributed by atoms with E-state index in [4.69, 9.17) is 17.0 Å². The van der Waals surface area contributed by atoms with Crippen LogP contribution in [0, 0.1) is 6.92 Å². The molecule has 0 fully saturated rings. The zero-order valence-electron chi connectivity index (χ0n) is 28.2. The van der Waals surface area contributed by atoms with Crippen molar-refractivity contribution in [2.45, 2.75) is 11.8 Å². The maximum Gasteiger partial charge on any atom is 0.143 e. The van der Waals surface area contributed by atoms with Crippen molar-refractivity contribution in [3.05, 3.63) is 188 Å². The third-order valence-corrected chi connectivity index (χ3v) is 10.5. The molecule has 0 aliphatic heterocycles. The summed E-state index contributed by atoms with van der Waals surface area (Å²) >= 11 is 5.07. The van der Waals surface area contributed by atoms with Crippen molar-refractivity contribution >= 4 is 34.6 Å². The van der Waals surface area contributed by atoms with Gasteiger partial charge in [-0.2, -0.15) is 0 Å². The van der Waals surface area contributed by atoms with Crippen molar-refractivity contribution in [2.24, 2.45) is 0 Å². The number of thiol groups is 1. The number of para-hydroxylation sites is 2. The zero-order valence-corrected chi connectivity index (χ0v) is 29.1. The molecule has 2 heteroatoms. The lowest BCUT2D eigenvalue weighted by Crippen LogP contribution is -1.89. The van der Waals surface area contributed by atoms with Crippen LogP contribution < -0.4 is 0 Å². The van der Waals surface area contributed by atoms with Crippen LogP contribution in [0.3, 0.4) is 0 Å². The molecule has 9 rings (SSSR count). The number of hydrogen-bond acceptors (Lipinski definition) is 2. The summed E-state index contributed by atoms with van der Waals surface area (Å²) in [4.78, 5) is 0.977. The minimum absolute atomic E-state index is 0.893. The molecular weight excluding hydrogens is 637 g/mol. The molecule has 1 aromatic heterocycles. The molecule has 51 heavy (non-hydrogen) atoms. The molecule has 1 nitrogen and oxygen atoms in total. The van der Waals surface area contributed by atoms with Crippen molar-refractivity contribution in [3.63, 3.8) is 0 Å². The average molecular weight is 671 g/mol. The molecule has 0 saturated carbocycles. The van der Waals surface area contributed by atoms with Crippen molar-refractivity contribution in [3.8, 4) is 66.8 Å². The first-order valence-electron chi connectivity index (χ1n) is 17.3. The van der Waals surface area contributed by atoms with Crippen LogP contribution in [0.15, 0.2) is 191 Å². The van der Waals surface area contributed by atoms with Gasteiger partial charge in [-0.15, -0.1) is 12.6 Å². The Hall–Kier alpha value is -6.09. The number of fused-ring (bicyclic) bond motifs is 3. The van der Waals surface area contributed by atoms with Crippen LogP contribution in [-0.2, 0) is 0 Å². The first kappa shape index (κ1) is 30.9. The van der Waals surface area contributed by atoms with E-state index in [-0.39, 0.29) is 0 Å². The highest BCUT2D eigenvalue weighted by Crippen LogP contribution is 2.42. The number of hydrogen-bond donors (Lipinski definition) is 1. The van der Waals surface area contributed by atoms with Crippen molar-refractivity contribution in [1.29, 1.82) is 0 Å². The van der Waals surface area contributed by atoms with Gasteiger partial charge in [0.15, 0.2) is 0 Å². The van der Waals surface area contributed by atoms with Crippen LogP contribution in [0.25, 0.3) is 88.7 Å². The van der Waals surface area contributed by atoms with E-state index in [1.807, 2.05) is 0 Å². The molecule has 0 atom stereocenters. The lowest BCUT2D eigenvalue weighted by atomic mass is 9.94.